The lowest BCUT2D eigenvalue weighted by molar-refractivity contribution is 0.100. The number of hydrogen-bond donors (Lipinski definition) is 0. The molecule has 0 radical (unpaired) electrons. The second-order valence-electron chi connectivity index (χ2n) is 2.56. The Morgan fingerprint density at radius 1 is 1.50 bits per heavy atom. The van der Waals surface area contributed by atoms with Gasteiger partial charge >= 0.3 is 0 Å². The van der Waals surface area contributed by atoms with Crippen LogP contribution in [-0.4, -0.2) is 10.4 Å². The number of alkyl halides is 2. The molecule has 0 aromatic carbocycles. The van der Waals surface area contributed by atoms with Gasteiger partial charge in [0.1, 0.15) is 0 Å². The van der Waals surface area contributed by atoms with Crippen LogP contribution in [0.3, 0.4) is 0 Å². The molecule has 0 amide bonds. The van der Waals surface area contributed by atoms with Gasteiger partial charge in [0.25, 0.3) is 6.43 Å². The summed E-state index contributed by atoms with van der Waals surface area (Å²) in [6.07, 6.45) is -2.52. The third-order valence-electron chi connectivity index (χ3n) is 1.74. The number of halogens is 2. The van der Waals surface area contributed by atoms with Crippen LogP contribution >= 0.6 is 0 Å². The molecular formula is C8H9F2NO. The average Bonchev–Trinajstić information content (AvgIpc) is 2.30. The molecule has 2 nitrogen and oxygen atoms in total. The summed E-state index contributed by atoms with van der Waals surface area (Å²) < 4.78 is 25.6. The number of carbonyl (C=O) groups excluding carboxylic acids is 1. The second kappa shape index (κ2) is 3.05. The van der Waals surface area contributed by atoms with Crippen LogP contribution in [0, 0.1) is 0 Å². The average molecular weight is 173 g/mol. The van der Waals surface area contributed by atoms with E-state index in [0.717, 1.165) is 0 Å². The van der Waals surface area contributed by atoms with Crippen molar-refractivity contribution < 1.29 is 13.6 Å². The van der Waals surface area contributed by atoms with Crippen molar-refractivity contribution in [2.24, 2.45) is 7.05 Å². The first-order chi connectivity index (χ1) is 5.54. The molecule has 0 saturated heterocycles. The standard InChI is InChI=1S/C8H9F2NO/c1-5(12)6-3-4-7(8(9)10)11(6)2/h3-4,8H,1-2H3. The van der Waals surface area contributed by atoms with Crippen molar-refractivity contribution >= 4 is 5.78 Å². The maximum Gasteiger partial charge on any atom is 0.278 e. The minimum Gasteiger partial charge on any atom is -0.340 e. The summed E-state index contributed by atoms with van der Waals surface area (Å²) in [6, 6.07) is 2.67. The Labute approximate surface area is 68.8 Å². The van der Waals surface area contributed by atoms with Gasteiger partial charge in [-0.15, -0.1) is 0 Å². The molecule has 66 valence electrons. The third kappa shape index (κ3) is 1.37. The minimum absolute atomic E-state index is 0.125. The Kier molecular flexibility index (Phi) is 2.26. The summed E-state index contributed by atoms with van der Waals surface area (Å²) in [4.78, 5) is 10.8. The minimum atomic E-state index is -2.52. The maximum atomic E-state index is 12.2. The van der Waals surface area contributed by atoms with Gasteiger partial charge in [-0.1, -0.05) is 0 Å². The molecule has 0 unspecified atom stereocenters. The SMILES string of the molecule is CC(=O)c1ccc(C(F)F)n1C. The van der Waals surface area contributed by atoms with Gasteiger partial charge in [0.05, 0.1) is 11.4 Å². The van der Waals surface area contributed by atoms with Crippen molar-refractivity contribution in [3.05, 3.63) is 23.5 Å². The van der Waals surface area contributed by atoms with Crippen molar-refractivity contribution in [3.8, 4) is 0 Å². The van der Waals surface area contributed by atoms with Crippen LogP contribution in [0.15, 0.2) is 12.1 Å². The molecule has 0 aliphatic rings. The molecule has 0 bridgehead atoms. The predicted molar refractivity (Wildman–Crippen MR) is 40.4 cm³/mol. The summed E-state index contributed by atoms with van der Waals surface area (Å²) >= 11 is 0. The van der Waals surface area contributed by atoms with Crippen LogP contribution in [0.5, 0.6) is 0 Å². The molecule has 1 aromatic rings. The number of rotatable bonds is 2. The summed E-state index contributed by atoms with van der Waals surface area (Å²) in [5, 5.41) is 0. The Bertz CT molecular complexity index is 304. The first-order valence-electron chi connectivity index (χ1n) is 3.48. The van der Waals surface area contributed by atoms with E-state index in [4.69, 9.17) is 0 Å². The maximum absolute atomic E-state index is 12.2. The highest BCUT2D eigenvalue weighted by Crippen LogP contribution is 2.20. The Hall–Kier alpha value is -1.19. The summed E-state index contributed by atoms with van der Waals surface area (Å²) in [7, 11) is 1.46. The van der Waals surface area contributed by atoms with E-state index in [1.807, 2.05) is 0 Å². The van der Waals surface area contributed by atoms with Gasteiger partial charge < -0.3 is 4.57 Å². The number of Topliss-reactive ketones (excluding diaryl/α,β-unsaturated/α-hetero) is 1. The number of hydrogen-bond acceptors (Lipinski definition) is 1. The summed E-state index contributed by atoms with van der Waals surface area (Å²) in [5.41, 5.74) is 0.186. The highest BCUT2D eigenvalue weighted by Gasteiger charge is 2.14. The van der Waals surface area contributed by atoms with E-state index in [0.29, 0.717) is 5.69 Å². The second-order valence-corrected chi connectivity index (χ2v) is 2.56. The lowest BCUT2D eigenvalue weighted by Gasteiger charge is -2.03. The van der Waals surface area contributed by atoms with Crippen molar-refractivity contribution in [2.75, 3.05) is 0 Å². The predicted octanol–water partition coefficient (Wildman–Crippen LogP) is 2.17. The van der Waals surface area contributed by atoms with E-state index in [1.54, 1.807) is 0 Å². The Balaban J connectivity index is 3.13. The van der Waals surface area contributed by atoms with Crippen LogP contribution in [-0.2, 0) is 7.05 Å². The van der Waals surface area contributed by atoms with Crippen molar-refractivity contribution in [3.63, 3.8) is 0 Å². The molecule has 0 saturated carbocycles. The van der Waals surface area contributed by atoms with Crippen LogP contribution in [0.4, 0.5) is 8.78 Å². The summed E-state index contributed by atoms with van der Waals surface area (Å²) in [5.74, 6) is -0.204. The van der Waals surface area contributed by atoms with Gasteiger partial charge in [0.15, 0.2) is 5.78 Å². The van der Waals surface area contributed by atoms with Gasteiger partial charge in [0.2, 0.25) is 0 Å². The molecule has 0 aliphatic heterocycles. The van der Waals surface area contributed by atoms with Gasteiger partial charge in [0, 0.05) is 14.0 Å². The zero-order valence-corrected chi connectivity index (χ0v) is 6.84. The number of carbonyl (C=O) groups is 1. The lowest BCUT2D eigenvalue weighted by Crippen LogP contribution is -2.04. The number of aromatic nitrogens is 1. The monoisotopic (exact) mass is 173 g/mol. The van der Waals surface area contributed by atoms with E-state index in [1.165, 1.54) is 30.7 Å². The van der Waals surface area contributed by atoms with Crippen molar-refractivity contribution in [1.82, 2.24) is 4.57 Å². The molecule has 4 heteroatoms. The van der Waals surface area contributed by atoms with Gasteiger partial charge in [-0.05, 0) is 12.1 Å². The molecule has 0 N–H and O–H groups in total. The zero-order chi connectivity index (χ0) is 9.30. The zero-order valence-electron chi connectivity index (χ0n) is 6.84. The molecule has 0 fully saturated rings. The topological polar surface area (TPSA) is 22.0 Å². The van der Waals surface area contributed by atoms with Gasteiger partial charge in [-0.2, -0.15) is 0 Å². The van der Waals surface area contributed by atoms with E-state index >= 15 is 0 Å². The van der Waals surface area contributed by atoms with Gasteiger partial charge in [-0.25, -0.2) is 8.78 Å². The third-order valence-corrected chi connectivity index (χ3v) is 1.74. The smallest absolute Gasteiger partial charge is 0.278 e. The Morgan fingerprint density at radius 2 is 2.08 bits per heavy atom. The van der Waals surface area contributed by atoms with E-state index < -0.39 is 6.43 Å². The lowest BCUT2D eigenvalue weighted by atomic mass is 10.3. The van der Waals surface area contributed by atoms with Crippen LogP contribution < -0.4 is 0 Å². The van der Waals surface area contributed by atoms with Crippen LogP contribution in [0.2, 0.25) is 0 Å². The van der Waals surface area contributed by atoms with E-state index in [-0.39, 0.29) is 11.5 Å². The molecule has 0 aliphatic carbocycles. The molecule has 12 heavy (non-hydrogen) atoms. The molecular weight excluding hydrogens is 164 g/mol. The normalized spacial score (nSPS) is 10.8. The first-order valence-corrected chi connectivity index (χ1v) is 3.48. The van der Waals surface area contributed by atoms with E-state index in [9.17, 15) is 13.6 Å². The van der Waals surface area contributed by atoms with Crippen molar-refractivity contribution in [2.45, 2.75) is 13.3 Å². The van der Waals surface area contributed by atoms with Crippen LogP contribution in [0.25, 0.3) is 0 Å². The number of ketones is 1. The van der Waals surface area contributed by atoms with Crippen LogP contribution in [0.1, 0.15) is 29.5 Å². The molecule has 0 atom stereocenters. The largest absolute Gasteiger partial charge is 0.340 e. The molecule has 1 heterocycles. The number of nitrogens with zero attached hydrogens (tertiary/aromatic N) is 1. The quantitative estimate of drug-likeness (QED) is 0.628. The fraction of sp³-hybridized carbons (Fsp3) is 0.375. The fourth-order valence-electron chi connectivity index (χ4n) is 1.10. The fourth-order valence-corrected chi connectivity index (χ4v) is 1.10. The highest BCUT2D eigenvalue weighted by atomic mass is 19.3. The van der Waals surface area contributed by atoms with E-state index in [2.05, 4.69) is 0 Å². The Morgan fingerprint density at radius 3 is 2.33 bits per heavy atom. The molecule has 1 rings (SSSR count). The molecule has 1 aromatic heterocycles. The van der Waals surface area contributed by atoms with Crippen molar-refractivity contribution in [1.29, 1.82) is 0 Å². The summed E-state index contributed by atoms with van der Waals surface area (Å²) in [6.45, 7) is 1.35. The van der Waals surface area contributed by atoms with Gasteiger partial charge in [-0.3, -0.25) is 4.79 Å². The first kappa shape index (κ1) is 8.90. The highest BCUT2D eigenvalue weighted by molar-refractivity contribution is 5.92. The molecule has 0 spiro atoms.